The number of pyridine rings is 1. The second-order valence-electron chi connectivity index (χ2n) is 3.32. The highest BCUT2D eigenvalue weighted by Crippen LogP contribution is 2.25. The molecule has 0 N–H and O–H groups in total. The number of hydrogen-bond acceptors (Lipinski definition) is 2. The predicted octanol–water partition coefficient (Wildman–Crippen LogP) is 2.44. The van der Waals surface area contributed by atoms with Gasteiger partial charge in [-0.2, -0.15) is 4.73 Å². The highest BCUT2D eigenvalue weighted by molar-refractivity contribution is 6.33. The van der Waals surface area contributed by atoms with Crippen LogP contribution >= 0.6 is 11.6 Å². The van der Waals surface area contributed by atoms with E-state index >= 15 is 0 Å². The molecule has 0 radical (unpaired) electrons. The minimum absolute atomic E-state index is 0.184. The van der Waals surface area contributed by atoms with Gasteiger partial charge in [0.05, 0.1) is 12.5 Å². The van der Waals surface area contributed by atoms with Crippen molar-refractivity contribution in [1.29, 1.82) is 0 Å². The molecule has 0 unspecified atom stereocenters. The number of aryl methyl sites for hydroxylation is 1. The molecule has 0 bridgehead atoms. The second kappa shape index (κ2) is 3.59. The van der Waals surface area contributed by atoms with Gasteiger partial charge in [0, 0.05) is 13.0 Å². The number of benzene rings is 1. The van der Waals surface area contributed by atoms with Crippen molar-refractivity contribution in [3.63, 3.8) is 0 Å². The Morgan fingerprint density at radius 3 is 2.73 bits per heavy atom. The smallest absolute Gasteiger partial charge is 0.294 e. The van der Waals surface area contributed by atoms with Gasteiger partial charge in [-0.1, -0.05) is 6.07 Å². The van der Waals surface area contributed by atoms with Crippen molar-refractivity contribution in [2.24, 2.45) is 0 Å². The van der Waals surface area contributed by atoms with Gasteiger partial charge in [-0.25, -0.2) is 0 Å². The zero-order chi connectivity index (χ0) is 11.0. The van der Waals surface area contributed by atoms with E-state index in [0.29, 0.717) is 21.6 Å². The molecule has 0 saturated carbocycles. The van der Waals surface area contributed by atoms with E-state index in [9.17, 15) is 5.21 Å². The van der Waals surface area contributed by atoms with E-state index in [1.165, 1.54) is 0 Å². The summed E-state index contributed by atoms with van der Waals surface area (Å²) in [4.78, 5) is 0. The highest BCUT2D eigenvalue weighted by Gasteiger charge is 2.12. The maximum absolute atomic E-state index is 11.5. The maximum Gasteiger partial charge on any atom is 0.294 e. The topological polar surface area (TPSA) is 36.2 Å². The van der Waals surface area contributed by atoms with Gasteiger partial charge in [0.2, 0.25) is 0 Å². The van der Waals surface area contributed by atoms with Crippen LogP contribution in [-0.2, 0) is 0 Å². The van der Waals surface area contributed by atoms with Crippen LogP contribution in [0.25, 0.3) is 10.8 Å². The summed E-state index contributed by atoms with van der Waals surface area (Å²) >= 11 is 5.96. The van der Waals surface area contributed by atoms with Crippen LogP contribution in [0.3, 0.4) is 0 Å². The molecule has 0 amide bonds. The second-order valence-corrected chi connectivity index (χ2v) is 3.68. The molecule has 1 heterocycles. The van der Waals surface area contributed by atoms with Crippen molar-refractivity contribution in [2.75, 3.05) is 7.11 Å². The fourth-order valence-corrected chi connectivity index (χ4v) is 1.81. The average Bonchev–Trinajstić information content (AvgIpc) is 2.26. The summed E-state index contributed by atoms with van der Waals surface area (Å²) in [6, 6.07) is 7.28. The zero-order valence-electron chi connectivity index (χ0n) is 8.45. The normalized spacial score (nSPS) is 10.6. The number of nitrogens with zero attached hydrogens (tertiary/aromatic N) is 1. The zero-order valence-corrected chi connectivity index (χ0v) is 9.21. The molecule has 0 aliphatic heterocycles. The summed E-state index contributed by atoms with van der Waals surface area (Å²) in [5.74, 6) is 0.688. The van der Waals surface area contributed by atoms with E-state index in [4.69, 9.17) is 16.3 Å². The lowest BCUT2D eigenvalue weighted by Crippen LogP contribution is -2.31. The minimum Gasteiger partial charge on any atom is -0.617 e. The molecule has 0 aliphatic rings. The van der Waals surface area contributed by atoms with E-state index in [1.807, 2.05) is 12.1 Å². The van der Waals surface area contributed by atoms with E-state index in [1.54, 1.807) is 26.2 Å². The first kappa shape index (κ1) is 10.1. The lowest BCUT2D eigenvalue weighted by molar-refractivity contribution is -0.608. The molecule has 2 aromatic rings. The van der Waals surface area contributed by atoms with Crippen LogP contribution in [0.4, 0.5) is 0 Å². The summed E-state index contributed by atoms with van der Waals surface area (Å²) in [5.41, 5.74) is 0.581. The van der Waals surface area contributed by atoms with Gasteiger partial charge < -0.3 is 9.94 Å². The third-order valence-electron chi connectivity index (χ3n) is 2.35. The van der Waals surface area contributed by atoms with Gasteiger partial charge in [-0.3, -0.25) is 0 Å². The fourth-order valence-electron chi connectivity index (χ4n) is 1.51. The van der Waals surface area contributed by atoms with Crippen LogP contribution < -0.4 is 9.47 Å². The summed E-state index contributed by atoms with van der Waals surface area (Å²) < 4.78 is 5.79. The first-order valence-electron chi connectivity index (χ1n) is 4.50. The Hall–Kier alpha value is -1.48. The molecule has 0 spiro atoms. The Kier molecular flexibility index (Phi) is 2.40. The van der Waals surface area contributed by atoms with Crippen molar-refractivity contribution in [1.82, 2.24) is 0 Å². The maximum atomic E-state index is 11.5. The van der Waals surface area contributed by atoms with E-state index < -0.39 is 0 Å². The Bertz CT molecular complexity index is 525. The van der Waals surface area contributed by atoms with Gasteiger partial charge in [0.15, 0.2) is 5.69 Å². The van der Waals surface area contributed by atoms with Gasteiger partial charge in [-0.15, -0.1) is 0 Å². The van der Waals surface area contributed by atoms with Crippen molar-refractivity contribution >= 4 is 22.4 Å². The fraction of sp³-hybridized carbons (Fsp3) is 0.182. The first-order valence-corrected chi connectivity index (χ1v) is 4.87. The SMILES string of the molecule is COc1ccc2cc(C)[n+]([O-])c(Cl)c2c1. The highest BCUT2D eigenvalue weighted by atomic mass is 35.5. The number of halogens is 1. The van der Waals surface area contributed by atoms with Crippen LogP contribution in [0.1, 0.15) is 5.69 Å². The molecule has 0 atom stereocenters. The molecule has 2 rings (SSSR count). The molecular formula is C11H10ClNO2. The number of hydrogen-bond donors (Lipinski definition) is 0. The molecular weight excluding hydrogens is 214 g/mol. The summed E-state index contributed by atoms with van der Waals surface area (Å²) in [5, 5.41) is 13.4. The average molecular weight is 224 g/mol. The Morgan fingerprint density at radius 2 is 2.07 bits per heavy atom. The van der Waals surface area contributed by atoms with E-state index in [0.717, 1.165) is 5.39 Å². The molecule has 0 aliphatic carbocycles. The first-order chi connectivity index (χ1) is 7.13. The van der Waals surface area contributed by atoms with Gasteiger partial charge >= 0.3 is 0 Å². The monoisotopic (exact) mass is 223 g/mol. The predicted molar refractivity (Wildman–Crippen MR) is 59.2 cm³/mol. The number of ether oxygens (including phenoxy) is 1. The van der Waals surface area contributed by atoms with Crippen molar-refractivity contribution in [3.05, 3.63) is 40.3 Å². The minimum atomic E-state index is 0.184. The summed E-state index contributed by atoms with van der Waals surface area (Å²) in [6.07, 6.45) is 0. The molecule has 78 valence electrons. The Labute approximate surface area is 92.4 Å². The summed E-state index contributed by atoms with van der Waals surface area (Å²) in [7, 11) is 1.58. The van der Waals surface area contributed by atoms with Crippen LogP contribution in [0.2, 0.25) is 5.15 Å². The van der Waals surface area contributed by atoms with E-state index in [-0.39, 0.29) is 5.15 Å². The van der Waals surface area contributed by atoms with E-state index in [2.05, 4.69) is 0 Å². The van der Waals surface area contributed by atoms with Crippen molar-refractivity contribution < 1.29 is 9.47 Å². The molecule has 0 saturated heterocycles. The molecule has 1 aromatic carbocycles. The van der Waals surface area contributed by atoms with Crippen LogP contribution in [0.15, 0.2) is 24.3 Å². The molecule has 0 fully saturated rings. The van der Waals surface area contributed by atoms with Crippen LogP contribution in [0, 0.1) is 12.1 Å². The molecule has 15 heavy (non-hydrogen) atoms. The summed E-state index contributed by atoms with van der Waals surface area (Å²) in [6.45, 7) is 1.72. The number of methoxy groups -OCH3 is 1. The Morgan fingerprint density at radius 1 is 1.33 bits per heavy atom. The van der Waals surface area contributed by atoms with Gasteiger partial charge in [0.1, 0.15) is 5.75 Å². The van der Waals surface area contributed by atoms with Gasteiger partial charge in [0.25, 0.3) is 5.15 Å². The molecule has 1 aromatic heterocycles. The van der Waals surface area contributed by atoms with Crippen LogP contribution in [0.5, 0.6) is 5.75 Å². The van der Waals surface area contributed by atoms with Crippen molar-refractivity contribution in [3.8, 4) is 5.75 Å². The number of fused-ring (bicyclic) bond motifs is 1. The lowest BCUT2D eigenvalue weighted by atomic mass is 10.1. The van der Waals surface area contributed by atoms with Crippen LogP contribution in [-0.4, -0.2) is 7.11 Å². The van der Waals surface area contributed by atoms with Crippen molar-refractivity contribution in [2.45, 2.75) is 6.92 Å². The number of aromatic nitrogens is 1. The third-order valence-corrected chi connectivity index (χ3v) is 2.70. The Balaban J connectivity index is 2.81. The molecule has 4 heteroatoms. The van der Waals surface area contributed by atoms with Gasteiger partial charge in [-0.05, 0) is 29.1 Å². The number of rotatable bonds is 1. The molecule has 3 nitrogen and oxygen atoms in total. The quantitative estimate of drug-likeness (QED) is 0.423. The standard InChI is InChI=1S/C11H10ClNO2/c1-7-5-8-3-4-9(15-2)6-10(8)11(12)13(7)14/h3-6H,1-2H3. The lowest BCUT2D eigenvalue weighted by Gasteiger charge is -2.07. The third kappa shape index (κ3) is 1.59. The largest absolute Gasteiger partial charge is 0.617 e.